The van der Waals surface area contributed by atoms with Gasteiger partial charge in [0.05, 0.1) is 36.9 Å². The van der Waals surface area contributed by atoms with Crippen LogP contribution in [0.1, 0.15) is 21.5 Å². The Labute approximate surface area is 187 Å². The smallest absolute Gasteiger partial charge is 0.340 e. The number of benzene rings is 3. The summed E-state index contributed by atoms with van der Waals surface area (Å²) >= 11 is 6.33. The number of halogens is 1. The summed E-state index contributed by atoms with van der Waals surface area (Å²) in [6.07, 6.45) is 0. The average molecular weight is 460 g/mol. The first kappa shape index (κ1) is 22.7. The van der Waals surface area contributed by atoms with Crippen LogP contribution in [-0.2, 0) is 21.3 Å². The van der Waals surface area contributed by atoms with Crippen LogP contribution in [0.15, 0.2) is 71.6 Å². The van der Waals surface area contributed by atoms with E-state index in [0.29, 0.717) is 16.3 Å². The van der Waals surface area contributed by atoms with Gasteiger partial charge in [-0.3, -0.25) is 4.31 Å². The molecular weight excluding hydrogens is 438 g/mol. The van der Waals surface area contributed by atoms with Crippen molar-refractivity contribution in [1.29, 1.82) is 0 Å². The second-order valence-corrected chi connectivity index (χ2v) is 9.00. The number of ether oxygens (including phenoxy) is 2. The number of sulfonamides is 1. The van der Waals surface area contributed by atoms with E-state index in [1.165, 1.54) is 36.7 Å². The van der Waals surface area contributed by atoms with Crippen molar-refractivity contribution in [3.63, 3.8) is 0 Å². The molecule has 3 aromatic carbocycles. The predicted octanol–water partition coefficient (Wildman–Crippen LogP) is 4.84. The molecule has 162 valence electrons. The Hall–Kier alpha value is -3.03. The molecule has 3 aromatic rings. The second-order valence-electron chi connectivity index (χ2n) is 6.73. The lowest BCUT2D eigenvalue weighted by Crippen LogP contribution is -2.32. The van der Waals surface area contributed by atoms with Crippen LogP contribution in [0.3, 0.4) is 0 Å². The Kier molecular flexibility index (Phi) is 6.87. The van der Waals surface area contributed by atoms with Gasteiger partial charge in [-0.2, -0.15) is 0 Å². The first-order chi connectivity index (χ1) is 14.8. The topological polar surface area (TPSA) is 72.9 Å². The first-order valence-corrected chi connectivity index (χ1v) is 11.2. The quantitative estimate of drug-likeness (QED) is 0.473. The maximum atomic E-state index is 13.8. The molecule has 0 saturated carbocycles. The van der Waals surface area contributed by atoms with Crippen molar-refractivity contribution < 1.29 is 22.7 Å². The molecule has 0 radical (unpaired) electrons. The minimum absolute atomic E-state index is 0.000376. The fourth-order valence-corrected chi connectivity index (χ4v) is 4.86. The summed E-state index contributed by atoms with van der Waals surface area (Å²) in [5, 5.41) is 0.339. The summed E-state index contributed by atoms with van der Waals surface area (Å²) in [5.41, 5.74) is 1.49. The summed E-state index contributed by atoms with van der Waals surface area (Å²) < 4.78 is 38.7. The molecule has 6 nitrogen and oxygen atoms in total. The molecule has 0 aliphatic carbocycles. The molecule has 8 heteroatoms. The second kappa shape index (κ2) is 9.41. The molecule has 0 saturated heterocycles. The van der Waals surface area contributed by atoms with Crippen molar-refractivity contribution in [2.75, 3.05) is 18.5 Å². The van der Waals surface area contributed by atoms with Crippen molar-refractivity contribution in [2.45, 2.75) is 18.4 Å². The zero-order chi connectivity index (χ0) is 22.6. The number of rotatable bonds is 7. The van der Waals surface area contributed by atoms with Crippen LogP contribution in [-0.4, -0.2) is 28.6 Å². The molecule has 0 heterocycles. The summed E-state index contributed by atoms with van der Waals surface area (Å²) in [6, 6.07) is 18.2. The molecule has 0 N–H and O–H groups in total. The van der Waals surface area contributed by atoms with Crippen LogP contribution in [0.5, 0.6) is 5.75 Å². The molecule has 0 spiro atoms. The van der Waals surface area contributed by atoms with Crippen LogP contribution < -0.4 is 9.04 Å². The number of esters is 1. The molecule has 3 rings (SSSR count). The van der Waals surface area contributed by atoms with E-state index in [1.807, 2.05) is 30.3 Å². The Morgan fingerprint density at radius 3 is 2.19 bits per heavy atom. The van der Waals surface area contributed by atoms with Gasteiger partial charge in [-0.15, -0.1) is 0 Å². The van der Waals surface area contributed by atoms with Crippen LogP contribution >= 0.6 is 11.6 Å². The van der Waals surface area contributed by atoms with E-state index in [1.54, 1.807) is 25.1 Å². The maximum absolute atomic E-state index is 13.8. The Balaban J connectivity index is 2.25. The molecule has 0 unspecified atom stereocenters. The lowest BCUT2D eigenvalue weighted by molar-refractivity contribution is 0.0601. The van der Waals surface area contributed by atoms with E-state index in [0.717, 1.165) is 5.56 Å². The SMILES string of the molecule is COC(=O)c1ccc(Cl)c(C)c1N(Cc1ccccc1)S(=O)(=O)c1ccc(OC)cc1. The van der Waals surface area contributed by atoms with Gasteiger partial charge in [0.2, 0.25) is 0 Å². The van der Waals surface area contributed by atoms with Gasteiger partial charge >= 0.3 is 5.97 Å². The third-order valence-corrected chi connectivity index (χ3v) is 7.01. The Bertz CT molecular complexity index is 1180. The monoisotopic (exact) mass is 459 g/mol. The highest BCUT2D eigenvalue weighted by molar-refractivity contribution is 7.92. The number of hydrogen-bond acceptors (Lipinski definition) is 5. The highest BCUT2D eigenvalue weighted by Gasteiger charge is 2.31. The highest BCUT2D eigenvalue weighted by atomic mass is 35.5. The molecular formula is C23H22ClNO5S. The fourth-order valence-electron chi connectivity index (χ4n) is 3.18. The molecule has 0 aromatic heterocycles. The number of hydrogen-bond donors (Lipinski definition) is 0. The molecule has 0 aliphatic rings. The highest BCUT2D eigenvalue weighted by Crippen LogP contribution is 2.36. The number of carbonyl (C=O) groups excluding carboxylic acids is 1. The van der Waals surface area contributed by atoms with Crippen molar-refractivity contribution >= 4 is 33.3 Å². The Morgan fingerprint density at radius 1 is 0.968 bits per heavy atom. The minimum Gasteiger partial charge on any atom is -0.497 e. The summed E-state index contributed by atoms with van der Waals surface area (Å²) in [4.78, 5) is 12.6. The standard InChI is InChI=1S/C23H22ClNO5S/c1-16-21(24)14-13-20(23(26)30-3)22(16)25(15-17-7-5-4-6-8-17)31(27,28)19-11-9-18(29-2)10-12-19/h4-14H,15H2,1-3H3. The fraction of sp³-hybridized carbons (Fsp3) is 0.174. The van der Waals surface area contributed by atoms with Crippen molar-refractivity contribution in [3.05, 3.63) is 88.4 Å². The van der Waals surface area contributed by atoms with E-state index in [9.17, 15) is 13.2 Å². The van der Waals surface area contributed by atoms with Gasteiger partial charge in [0.1, 0.15) is 5.75 Å². The van der Waals surface area contributed by atoms with Crippen molar-refractivity contribution in [1.82, 2.24) is 0 Å². The zero-order valence-electron chi connectivity index (χ0n) is 17.3. The summed E-state index contributed by atoms with van der Waals surface area (Å²) in [7, 11) is -1.32. The minimum atomic E-state index is -4.07. The lowest BCUT2D eigenvalue weighted by Gasteiger charge is -2.28. The largest absolute Gasteiger partial charge is 0.497 e. The van der Waals surface area contributed by atoms with Crippen LogP contribution in [0.4, 0.5) is 5.69 Å². The van der Waals surface area contributed by atoms with Crippen molar-refractivity contribution in [3.8, 4) is 5.75 Å². The van der Waals surface area contributed by atoms with E-state index < -0.39 is 16.0 Å². The van der Waals surface area contributed by atoms with Crippen LogP contribution in [0.25, 0.3) is 0 Å². The number of carbonyl (C=O) groups is 1. The molecule has 0 aliphatic heterocycles. The molecule has 0 atom stereocenters. The third-order valence-electron chi connectivity index (χ3n) is 4.84. The first-order valence-electron chi connectivity index (χ1n) is 9.37. The molecule has 0 bridgehead atoms. The van der Waals surface area contributed by atoms with E-state index >= 15 is 0 Å². The zero-order valence-corrected chi connectivity index (χ0v) is 18.9. The molecule has 31 heavy (non-hydrogen) atoms. The van der Waals surface area contributed by atoms with E-state index in [2.05, 4.69) is 0 Å². The van der Waals surface area contributed by atoms with Gasteiger partial charge < -0.3 is 9.47 Å². The van der Waals surface area contributed by atoms with Crippen LogP contribution in [0.2, 0.25) is 5.02 Å². The van der Waals surface area contributed by atoms with Crippen LogP contribution in [0, 0.1) is 6.92 Å². The maximum Gasteiger partial charge on any atom is 0.340 e. The Morgan fingerprint density at radius 2 is 1.61 bits per heavy atom. The molecule has 0 fully saturated rings. The van der Waals surface area contributed by atoms with Crippen molar-refractivity contribution in [2.24, 2.45) is 0 Å². The lowest BCUT2D eigenvalue weighted by atomic mass is 10.1. The van der Waals surface area contributed by atoms with Gasteiger partial charge in [-0.25, -0.2) is 13.2 Å². The molecule has 0 amide bonds. The van der Waals surface area contributed by atoms with Gasteiger partial charge in [0.15, 0.2) is 0 Å². The average Bonchev–Trinajstić information content (AvgIpc) is 2.79. The summed E-state index contributed by atoms with van der Waals surface area (Å²) in [6.45, 7) is 1.67. The number of methoxy groups -OCH3 is 2. The number of nitrogens with zero attached hydrogens (tertiary/aromatic N) is 1. The predicted molar refractivity (Wildman–Crippen MR) is 120 cm³/mol. The van der Waals surface area contributed by atoms with E-state index in [4.69, 9.17) is 21.1 Å². The normalized spacial score (nSPS) is 11.1. The summed E-state index contributed by atoms with van der Waals surface area (Å²) in [5.74, 6) is -0.125. The van der Waals surface area contributed by atoms with Gasteiger partial charge in [-0.05, 0) is 54.4 Å². The van der Waals surface area contributed by atoms with Gasteiger partial charge in [0.25, 0.3) is 10.0 Å². The van der Waals surface area contributed by atoms with E-state index in [-0.39, 0.29) is 22.7 Å². The van der Waals surface area contributed by atoms with Gasteiger partial charge in [-0.1, -0.05) is 41.9 Å². The van der Waals surface area contributed by atoms with Gasteiger partial charge in [0, 0.05) is 5.02 Å². The number of anilines is 1. The third kappa shape index (κ3) is 4.68.